The lowest BCUT2D eigenvalue weighted by molar-refractivity contribution is -0.116. The number of hydrogen-bond acceptors (Lipinski definition) is 5. The van der Waals surface area contributed by atoms with Gasteiger partial charge in [0.15, 0.2) is 0 Å². The Kier molecular flexibility index (Phi) is 10.8. The number of hydrogen-bond donors (Lipinski definition) is 1. The molecule has 0 atom stereocenters. The van der Waals surface area contributed by atoms with Crippen molar-refractivity contribution in [3.8, 4) is 0 Å². The predicted molar refractivity (Wildman–Crippen MR) is 145 cm³/mol. The van der Waals surface area contributed by atoms with E-state index in [1.54, 1.807) is 17.3 Å². The molecular formula is C27H44N4O4S. The van der Waals surface area contributed by atoms with E-state index in [0.717, 1.165) is 56.3 Å². The predicted octanol–water partition coefficient (Wildman–Crippen LogP) is 3.76. The number of sulfonamides is 1. The summed E-state index contributed by atoms with van der Waals surface area (Å²) in [6.45, 7) is 9.46. The van der Waals surface area contributed by atoms with Crippen LogP contribution >= 0.6 is 0 Å². The van der Waals surface area contributed by atoms with Crippen LogP contribution in [-0.2, 0) is 21.4 Å². The minimum Gasteiger partial charge on any atom is -0.351 e. The summed E-state index contributed by atoms with van der Waals surface area (Å²) >= 11 is 0. The zero-order chi connectivity index (χ0) is 26.1. The fourth-order valence-electron chi connectivity index (χ4n) is 5.09. The highest BCUT2D eigenvalue weighted by atomic mass is 32.2. The quantitative estimate of drug-likeness (QED) is 0.617. The van der Waals surface area contributed by atoms with Gasteiger partial charge in [0.25, 0.3) is 5.91 Å². The maximum Gasteiger partial charge on any atom is 0.251 e. The number of amides is 2. The second-order valence-corrected chi connectivity index (χ2v) is 12.5. The molecule has 0 aliphatic carbocycles. The van der Waals surface area contributed by atoms with Crippen LogP contribution in [0.4, 0.5) is 5.69 Å². The Balaban J connectivity index is 1.77. The molecule has 36 heavy (non-hydrogen) atoms. The summed E-state index contributed by atoms with van der Waals surface area (Å²) in [6, 6.07) is 5.83. The van der Waals surface area contributed by atoms with E-state index in [2.05, 4.69) is 24.1 Å². The minimum absolute atomic E-state index is 0.00419. The van der Waals surface area contributed by atoms with Crippen LogP contribution in [0, 0.1) is 0 Å². The molecule has 2 amide bonds. The van der Waals surface area contributed by atoms with Crippen LogP contribution in [0.5, 0.6) is 0 Å². The third kappa shape index (κ3) is 8.02. The van der Waals surface area contributed by atoms with Crippen molar-refractivity contribution in [3.63, 3.8) is 0 Å². The number of rotatable bonds is 6. The monoisotopic (exact) mass is 520 g/mol. The third-order valence-corrected chi connectivity index (χ3v) is 9.17. The van der Waals surface area contributed by atoms with Crippen molar-refractivity contribution in [1.29, 1.82) is 0 Å². The average Bonchev–Trinajstić information content (AvgIpc) is 2.84. The average molecular weight is 521 g/mol. The van der Waals surface area contributed by atoms with Gasteiger partial charge < -0.3 is 10.2 Å². The van der Waals surface area contributed by atoms with Gasteiger partial charge in [-0.1, -0.05) is 25.7 Å². The van der Waals surface area contributed by atoms with Gasteiger partial charge in [0.05, 0.1) is 5.75 Å². The fourth-order valence-corrected chi connectivity index (χ4v) is 6.52. The summed E-state index contributed by atoms with van der Waals surface area (Å²) in [4.78, 5) is 29.8. The van der Waals surface area contributed by atoms with Crippen molar-refractivity contribution < 1.29 is 18.0 Å². The van der Waals surface area contributed by atoms with Crippen LogP contribution in [0.1, 0.15) is 88.1 Å². The van der Waals surface area contributed by atoms with Gasteiger partial charge in [-0.3, -0.25) is 14.5 Å². The second-order valence-electron chi connectivity index (χ2n) is 10.4. The molecule has 0 spiro atoms. The molecule has 1 fully saturated rings. The van der Waals surface area contributed by atoms with Crippen LogP contribution in [0.3, 0.4) is 0 Å². The number of nitrogens with one attached hydrogen (secondary N) is 1. The maximum atomic E-state index is 13.0. The highest BCUT2D eigenvalue weighted by molar-refractivity contribution is 7.89. The highest BCUT2D eigenvalue weighted by Crippen LogP contribution is 2.27. The molecule has 0 saturated carbocycles. The van der Waals surface area contributed by atoms with Crippen molar-refractivity contribution in [3.05, 3.63) is 29.3 Å². The van der Waals surface area contributed by atoms with Crippen LogP contribution in [0.25, 0.3) is 0 Å². The van der Waals surface area contributed by atoms with Crippen LogP contribution < -0.4 is 10.2 Å². The van der Waals surface area contributed by atoms with Crippen molar-refractivity contribution in [2.45, 2.75) is 84.7 Å². The number of nitrogens with zero attached hydrogens (tertiary/aromatic N) is 3. The molecule has 2 aliphatic heterocycles. The largest absolute Gasteiger partial charge is 0.351 e. The first-order chi connectivity index (χ1) is 17.2. The molecule has 1 saturated heterocycles. The Morgan fingerprint density at radius 1 is 0.917 bits per heavy atom. The van der Waals surface area contributed by atoms with E-state index in [1.807, 2.05) is 17.0 Å². The molecule has 1 aromatic rings. The Morgan fingerprint density at radius 2 is 1.53 bits per heavy atom. The first-order valence-corrected chi connectivity index (χ1v) is 15.2. The highest BCUT2D eigenvalue weighted by Gasteiger charge is 2.24. The molecule has 0 bridgehead atoms. The minimum atomic E-state index is -3.36. The molecule has 9 heteroatoms. The maximum absolute atomic E-state index is 13.0. The number of anilines is 1. The van der Waals surface area contributed by atoms with Gasteiger partial charge in [-0.25, -0.2) is 12.7 Å². The zero-order valence-electron chi connectivity index (χ0n) is 22.3. The van der Waals surface area contributed by atoms with E-state index in [4.69, 9.17) is 0 Å². The lowest BCUT2D eigenvalue weighted by atomic mass is 10.0. The number of carbonyl (C=O) groups excluding carboxylic acids is 2. The van der Waals surface area contributed by atoms with Crippen LogP contribution in [-0.4, -0.2) is 74.0 Å². The molecule has 0 radical (unpaired) electrons. The Morgan fingerprint density at radius 3 is 2.19 bits per heavy atom. The smallest absolute Gasteiger partial charge is 0.251 e. The molecule has 0 unspecified atom stereocenters. The van der Waals surface area contributed by atoms with E-state index in [0.29, 0.717) is 37.8 Å². The first kappa shape index (κ1) is 28.6. The lowest BCUT2D eigenvalue weighted by Gasteiger charge is -2.31. The molecule has 0 aromatic heterocycles. The van der Waals surface area contributed by atoms with Gasteiger partial charge in [0.2, 0.25) is 15.9 Å². The number of carbonyl (C=O) groups is 2. The number of benzene rings is 1. The molecule has 202 valence electrons. The van der Waals surface area contributed by atoms with E-state index < -0.39 is 10.0 Å². The number of piperidine rings is 1. The second kappa shape index (κ2) is 13.5. The molecule has 1 N–H and O–H groups in total. The zero-order valence-corrected chi connectivity index (χ0v) is 23.1. The van der Waals surface area contributed by atoms with Crippen molar-refractivity contribution in [2.75, 3.05) is 43.4 Å². The Labute approximate surface area is 217 Å². The molecule has 8 nitrogen and oxygen atoms in total. The van der Waals surface area contributed by atoms with Crippen molar-refractivity contribution in [1.82, 2.24) is 14.5 Å². The summed E-state index contributed by atoms with van der Waals surface area (Å²) in [7, 11) is -3.36. The molecule has 2 aliphatic rings. The van der Waals surface area contributed by atoms with Crippen LogP contribution in [0.2, 0.25) is 0 Å². The van der Waals surface area contributed by atoms with Crippen LogP contribution in [0.15, 0.2) is 18.2 Å². The summed E-state index contributed by atoms with van der Waals surface area (Å²) in [6.07, 6.45) is 8.40. The Bertz CT molecular complexity index is 989. The van der Waals surface area contributed by atoms with E-state index in [-0.39, 0.29) is 24.1 Å². The summed E-state index contributed by atoms with van der Waals surface area (Å²) in [5, 5.41) is 2.80. The summed E-state index contributed by atoms with van der Waals surface area (Å²) < 4.78 is 26.8. The topological polar surface area (TPSA) is 90.0 Å². The molecule has 2 heterocycles. The van der Waals surface area contributed by atoms with Crippen molar-refractivity contribution >= 4 is 27.5 Å². The van der Waals surface area contributed by atoms with E-state index in [9.17, 15) is 18.0 Å². The molecule has 1 aromatic carbocycles. The number of fused-ring (bicyclic) bond motifs is 1. The van der Waals surface area contributed by atoms with E-state index in [1.165, 1.54) is 12.8 Å². The fraction of sp³-hybridized carbons (Fsp3) is 0.704. The van der Waals surface area contributed by atoms with Gasteiger partial charge in [0, 0.05) is 56.9 Å². The summed E-state index contributed by atoms with van der Waals surface area (Å²) in [5.74, 6) is -0.379. The first-order valence-electron chi connectivity index (χ1n) is 13.6. The third-order valence-electron chi connectivity index (χ3n) is 7.30. The van der Waals surface area contributed by atoms with E-state index >= 15 is 0 Å². The summed E-state index contributed by atoms with van der Waals surface area (Å²) in [5.41, 5.74) is 2.30. The van der Waals surface area contributed by atoms with Gasteiger partial charge in [-0.2, -0.15) is 0 Å². The Hall–Kier alpha value is -1.97. The molecular weight excluding hydrogens is 476 g/mol. The van der Waals surface area contributed by atoms with Gasteiger partial charge in [-0.15, -0.1) is 0 Å². The van der Waals surface area contributed by atoms with Gasteiger partial charge in [0.1, 0.15) is 0 Å². The SMILES string of the molecule is CC(=O)N1CCCCCCCN(C(C)C)Cc2cc(C(=O)NCCS(=O)(=O)N3CCCCC3)ccc21. The van der Waals surface area contributed by atoms with Crippen molar-refractivity contribution in [2.24, 2.45) is 0 Å². The van der Waals surface area contributed by atoms with Gasteiger partial charge >= 0.3 is 0 Å². The standard InChI is InChI=1S/C27H44N4O4S/c1-22(2)29-15-8-5-4-6-11-18-31(23(3)32)26-13-12-24(20-25(26)21-29)27(33)28-14-19-36(34,35)30-16-9-7-10-17-30/h12-13,20,22H,4-11,14-19,21H2,1-3H3,(H,28,33). The lowest BCUT2D eigenvalue weighted by Crippen LogP contribution is -2.40. The normalized spacial score (nSPS) is 19.3. The molecule has 3 rings (SSSR count). The van der Waals surface area contributed by atoms with Gasteiger partial charge in [-0.05, 0) is 69.8 Å².